The molecule has 0 saturated heterocycles. The van der Waals surface area contributed by atoms with Gasteiger partial charge in [0.1, 0.15) is 11.3 Å². The molecule has 3 nitrogen and oxygen atoms in total. The third kappa shape index (κ3) is 2.26. The highest BCUT2D eigenvalue weighted by molar-refractivity contribution is 7.09. The number of fused-ring (bicyclic) bond motifs is 1. The predicted octanol–water partition coefficient (Wildman–Crippen LogP) is 4.15. The molecule has 1 unspecified atom stereocenters. The largest absolute Gasteiger partial charge is 0.306 e. The van der Waals surface area contributed by atoms with Crippen molar-refractivity contribution in [3.05, 3.63) is 46.0 Å². The third-order valence-corrected chi connectivity index (χ3v) is 4.17. The van der Waals surface area contributed by atoms with Crippen LogP contribution in [0, 0.1) is 6.92 Å². The lowest BCUT2D eigenvalue weighted by molar-refractivity contribution is 0.744. The van der Waals surface area contributed by atoms with E-state index in [-0.39, 0.29) is 5.38 Å². The normalized spacial score (nSPS) is 13.0. The van der Waals surface area contributed by atoms with E-state index in [0.717, 1.165) is 29.1 Å². The number of aryl methyl sites for hydroxylation is 1. The van der Waals surface area contributed by atoms with Gasteiger partial charge in [-0.2, -0.15) is 0 Å². The Morgan fingerprint density at radius 1 is 1.42 bits per heavy atom. The summed E-state index contributed by atoms with van der Waals surface area (Å²) in [6, 6.07) is 6.16. The van der Waals surface area contributed by atoms with Crippen LogP contribution >= 0.6 is 22.9 Å². The number of pyridine rings is 1. The fourth-order valence-corrected chi connectivity index (χ4v) is 3.03. The van der Waals surface area contributed by atoms with Gasteiger partial charge < -0.3 is 4.57 Å². The molecule has 0 aromatic carbocycles. The zero-order valence-corrected chi connectivity index (χ0v) is 12.4. The van der Waals surface area contributed by atoms with Gasteiger partial charge in [-0.15, -0.1) is 22.9 Å². The van der Waals surface area contributed by atoms with E-state index in [1.165, 1.54) is 4.88 Å². The molecule has 0 aliphatic heterocycles. The lowest BCUT2D eigenvalue weighted by atomic mass is 10.3. The molecule has 0 spiro atoms. The minimum atomic E-state index is -0.131. The fourth-order valence-electron chi connectivity index (χ4n) is 2.17. The summed E-state index contributed by atoms with van der Waals surface area (Å²) in [6.45, 7) is 4.77. The van der Waals surface area contributed by atoms with Crippen molar-refractivity contribution in [3.63, 3.8) is 0 Å². The monoisotopic (exact) mass is 291 g/mol. The Labute approximate surface area is 120 Å². The number of alkyl halides is 1. The molecular formula is C14H14ClN3S. The molecule has 19 heavy (non-hydrogen) atoms. The molecule has 0 aliphatic carbocycles. The molecule has 1 atom stereocenters. The van der Waals surface area contributed by atoms with Crippen LogP contribution in [0.1, 0.15) is 28.6 Å². The molecule has 0 radical (unpaired) electrons. The summed E-state index contributed by atoms with van der Waals surface area (Å²) in [7, 11) is 0. The highest BCUT2D eigenvalue weighted by Crippen LogP contribution is 2.26. The van der Waals surface area contributed by atoms with Crippen LogP contribution in [0.25, 0.3) is 11.2 Å². The summed E-state index contributed by atoms with van der Waals surface area (Å²) in [4.78, 5) is 10.4. The summed E-state index contributed by atoms with van der Waals surface area (Å²) in [5.41, 5.74) is 2.99. The van der Waals surface area contributed by atoms with Gasteiger partial charge in [0.25, 0.3) is 0 Å². The Morgan fingerprint density at radius 3 is 2.95 bits per heavy atom. The summed E-state index contributed by atoms with van der Waals surface area (Å²) in [5, 5.41) is 1.95. The summed E-state index contributed by atoms with van der Waals surface area (Å²) in [6.07, 6.45) is 1.83. The SMILES string of the molecule is Cc1ccnc2c1nc(C(C)Cl)n2Cc1cccs1. The van der Waals surface area contributed by atoms with Crippen molar-refractivity contribution >= 4 is 34.1 Å². The van der Waals surface area contributed by atoms with E-state index >= 15 is 0 Å². The predicted molar refractivity (Wildman–Crippen MR) is 80.0 cm³/mol. The molecular weight excluding hydrogens is 278 g/mol. The van der Waals surface area contributed by atoms with Crippen LogP contribution in [0.4, 0.5) is 0 Å². The molecule has 0 bridgehead atoms. The average Bonchev–Trinajstić information content (AvgIpc) is 2.99. The van der Waals surface area contributed by atoms with Crippen molar-refractivity contribution in [2.75, 3.05) is 0 Å². The van der Waals surface area contributed by atoms with Gasteiger partial charge >= 0.3 is 0 Å². The molecule has 3 aromatic rings. The standard InChI is InChI=1S/C14H14ClN3S/c1-9-5-6-16-14-12(9)17-13(10(2)15)18(14)8-11-4-3-7-19-11/h3-7,10H,8H2,1-2H3. The number of thiophene rings is 1. The van der Waals surface area contributed by atoms with Crippen LogP contribution < -0.4 is 0 Å². The van der Waals surface area contributed by atoms with Gasteiger partial charge in [0, 0.05) is 11.1 Å². The molecule has 0 N–H and O–H groups in total. The van der Waals surface area contributed by atoms with Gasteiger partial charge in [0.05, 0.1) is 11.9 Å². The number of hydrogen-bond donors (Lipinski definition) is 0. The maximum Gasteiger partial charge on any atom is 0.160 e. The minimum Gasteiger partial charge on any atom is -0.306 e. The van der Waals surface area contributed by atoms with Gasteiger partial charge in [-0.1, -0.05) is 6.07 Å². The van der Waals surface area contributed by atoms with Crippen molar-refractivity contribution in [1.29, 1.82) is 0 Å². The van der Waals surface area contributed by atoms with Gasteiger partial charge in [-0.25, -0.2) is 9.97 Å². The number of nitrogens with zero attached hydrogens (tertiary/aromatic N) is 3. The molecule has 0 saturated carbocycles. The lowest BCUT2D eigenvalue weighted by Crippen LogP contribution is -2.05. The number of hydrogen-bond acceptors (Lipinski definition) is 3. The second-order valence-electron chi connectivity index (χ2n) is 4.55. The van der Waals surface area contributed by atoms with E-state index in [1.54, 1.807) is 11.3 Å². The van der Waals surface area contributed by atoms with Gasteiger partial charge in [0.2, 0.25) is 0 Å². The van der Waals surface area contributed by atoms with E-state index < -0.39 is 0 Å². The van der Waals surface area contributed by atoms with Gasteiger partial charge in [0.15, 0.2) is 5.65 Å². The van der Waals surface area contributed by atoms with Crippen molar-refractivity contribution < 1.29 is 0 Å². The van der Waals surface area contributed by atoms with Gasteiger partial charge in [-0.05, 0) is 36.9 Å². The zero-order valence-electron chi connectivity index (χ0n) is 10.8. The number of imidazole rings is 1. The van der Waals surface area contributed by atoms with E-state index in [9.17, 15) is 0 Å². The molecule has 5 heteroatoms. The van der Waals surface area contributed by atoms with Crippen LogP contribution in [0.2, 0.25) is 0 Å². The van der Waals surface area contributed by atoms with Crippen LogP contribution in [0.3, 0.4) is 0 Å². The Bertz CT molecular complexity index is 701. The first-order valence-corrected chi connectivity index (χ1v) is 7.46. The molecule has 3 aromatic heterocycles. The molecule has 0 amide bonds. The molecule has 98 valence electrons. The number of rotatable bonds is 3. The van der Waals surface area contributed by atoms with Crippen molar-refractivity contribution in [1.82, 2.24) is 14.5 Å². The Hall–Kier alpha value is -1.39. The number of halogens is 1. The third-order valence-electron chi connectivity index (χ3n) is 3.12. The molecule has 0 fully saturated rings. The smallest absolute Gasteiger partial charge is 0.160 e. The highest BCUT2D eigenvalue weighted by atomic mass is 35.5. The summed E-state index contributed by atoms with van der Waals surface area (Å²) >= 11 is 8.00. The minimum absolute atomic E-state index is 0.131. The quantitative estimate of drug-likeness (QED) is 0.679. The first kappa shape index (κ1) is 12.6. The molecule has 3 heterocycles. The van der Waals surface area contributed by atoms with Crippen LogP contribution in [-0.2, 0) is 6.54 Å². The second kappa shape index (κ2) is 4.94. The van der Waals surface area contributed by atoms with E-state index in [1.807, 2.05) is 19.2 Å². The zero-order chi connectivity index (χ0) is 13.4. The lowest BCUT2D eigenvalue weighted by Gasteiger charge is -2.08. The fraction of sp³-hybridized carbons (Fsp3) is 0.286. The molecule has 3 rings (SSSR count). The summed E-state index contributed by atoms with van der Waals surface area (Å²) in [5.74, 6) is 0.881. The van der Waals surface area contributed by atoms with Crippen molar-refractivity contribution in [3.8, 4) is 0 Å². The number of aromatic nitrogens is 3. The summed E-state index contributed by atoms with van der Waals surface area (Å²) < 4.78 is 2.12. The Morgan fingerprint density at radius 2 is 2.26 bits per heavy atom. The topological polar surface area (TPSA) is 30.7 Å². The van der Waals surface area contributed by atoms with Crippen molar-refractivity contribution in [2.24, 2.45) is 0 Å². The Balaban J connectivity index is 2.19. The first-order chi connectivity index (χ1) is 9.16. The Kier molecular flexibility index (Phi) is 3.29. The van der Waals surface area contributed by atoms with Gasteiger partial charge in [-0.3, -0.25) is 0 Å². The van der Waals surface area contributed by atoms with E-state index in [4.69, 9.17) is 11.6 Å². The maximum absolute atomic E-state index is 6.26. The first-order valence-electron chi connectivity index (χ1n) is 6.15. The second-order valence-corrected chi connectivity index (χ2v) is 6.24. The average molecular weight is 292 g/mol. The van der Waals surface area contributed by atoms with Crippen LogP contribution in [0.5, 0.6) is 0 Å². The van der Waals surface area contributed by atoms with Crippen molar-refractivity contribution in [2.45, 2.75) is 25.8 Å². The van der Waals surface area contributed by atoms with Crippen LogP contribution in [0.15, 0.2) is 29.8 Å². The van der Waals surface area contributed by atoms with E-state index in [2.05, 4.69) is 39.0 Å². The van der Waals surface area contributed by atoms with E-state index in [0.29, 0.717) is 0 Å². The highest BCUT2D eigenvalue weighted by Gasteiger charge is 2.17. The molecule has 0 aliphatic rings. The van der Waals surface area contributed by atoms with Crippen LogP contribution in [-0.4, -0.2) is 14.5 Å². The maximum atomic E-state index is 6.26.